The molecular formula is C20H20N4O2. The number of hydrogen-bond donors (Lipinski definition) is 0. The Kier molecular flexibility index (Phi) is 3.95. The van der Waals surface area contributed by atoms with Crippen LogP contribution < -0.4 is 5.69 Å². The molecule has 1 aliphatic heterocycles. The highest BCUT2D eigenvalue weighted by Gasteiger charge is 2.26. The van der Waals surface area contributed by atoms with Gasteiger partial charge < -0.3 is 4.90 Å². The molecule has 1 aliphatic rings. The number of nitrogens with zero attached hydrogens (tertiary/aromatic N) is 4. The van der Waals surface area contributed by atoms with E-state index in [1.165, 1.54) is 4.68 Å². The van der Waals surface area contributed by atoms with Crippen LogP contribution in [-0.2, 0) is 13.1 Å². The summed E-state index contributed by atoms with van der Waals surface area (Å²) in [6.07, 6.45) is 0. The number of hydrogen-bond acceptors (Lipinski definition) is 3. The molecule has 2 aromatic carbocycles. The SMILES string of the molecule is Cc1ccc(-n2nc3n(c2=O)CCN(C(=O)c2ccccc2C)C3)cc1. The number of aromatic nitrogens is 3. The maximum Gasteiger partial charge on any atom is 0.350 e. The summed E-state index contributed by atoms with van der Waals surface area (Å²) in [6, 6.07) is 15.2. The van der Waals surface area contributed by atoms with Gasteiger partial charge in [-0.1, -0.05) is 35.9 Å². The highest BCUT2D eigenvalue weighted by atomic mass is 16.2. The highest BCUT2D eigenvalue weighted by molar-refractivity contribution is 5.95. The summed E-state index contributed by atoms with van der Waals surface area (Å²) in [4.78, 5) is 27.2. The quantitative estimate of drug-likeness (QED) is 0.714. The van der Waals surface area contributed by atoms with Crippen LogP contribution in [0.25, 0.3) is 5.69 Å². The van der Waals surface area contributed by atoms with Gasteiger partial charge in [0.15, 0.2) is 5.82 Å². The summed E-state index contributed by atoms with van der Waals surface area (Å²) in [6.45, 7) is 5.22. The topological polar surface area (TPSA) is 60.1 Å². The van der Waals surface area contributed by atoms with Gasteiger partial charge in [0.1, 0.15) is 0 Å². The minimum atomic E-state index is -0.160. The first-order chi connectivity index (χ1) is 12.5. The Labute approximate surface area is 151 Å². The lowest BCUT2D eigenvalue weighted by atomic mass is 10.1. The fourth-order valence-corrected chi connectivity index (χ4v) is 3.26. The van der Waals surface area contributed by atoms with E-state index in [-0.39, 0.29) is 11.6 Å². The normalized spacial score (nSPS) is 13.5. The van der Waals surface area contributed by atoms with Crippen molar-refractivity contribution in [3.05, 3.63) is 81.5 Å². The number of aryl methyl sites for hydroxylation is 2. The predicted octanol–water partition coefficient (Wildman–Crippen LogP) is 2.31. The molecule has 0 saturated carbocycles. The molecule has 0 radical (unpaired) electrons. The summed E-state index contributed by atoms with van der Waals surface area (Å²) < 4.78 is 3.07. The second-order valence-corrected chi connectivity index (χ2v) is 6.64. The van der Waals surface area contributed by atoms with Crippen molar-refractivity contribution in [1.82, 2.24) is 19.2 Å². The smallest absolute Gasteiger partial charge is 0.329 e. The Morgan fingerprint density at radius 1 is 1.00 bits per heavy atom. The van der Waals surface area contributed by atoms with Crippen LogP contribution in [0.4, 0.5) is 0 Å². The lowest BCUT2D eigenvalue weighted by Gasteiger charge is -2.27. The largest absolute Gasteiger partial charge is 0.350 e. The van der Waals surface area contributed by atoms with Crippen LogP contribution >= 0.6 is 0 Å². The van der Waals surface area contributed by atoms with E-state index in [1.54, 1.807) is 9.47 Å². The zero-order valence-electron chi connectivity index (χ0n) is 14.8. The number of rotatable bonds is 2. The Morgan fingerprint density at radius 3 is 2.46 bits per heavy atom. The molecule has 6 nitrogen and oxygen atoms in total. The molecule has 0 aliphatic carbocycles. The van der Waals surface area contributed by atoms with Gasteiger partial charge >= 0.3 is 5.69 Å². The molecule has 0 bridgehead atoms. The molecule has 0 spiro atoms. The Morgan fingerprint density at radius 2 is 1.73 bits per heavy atom. The summed E-state index contributed by atoms with van der Waals surface area (Å²) >= 11 is 0. The molecule has 4 rings (SSSR count). The van der Waals surface area contributed by atoms with Crippen molar-refractivity contribution in [3.63, 3.8) is 0 Å². The van der Waals surface area contributed by atoms with Gasteiger partial charge in [0, 0.05) is 18.7 Å². The molecule has 0 saturated heterocycles. The molecule has 1 amide bonds. The van der Waals surface area contributed by atoms with Crippen LogP contribution in [0.5, 0.6) is 0 Å². The van der Waals surface area contributed by atoms with Gasteiger partial charge in [-0.25, -0.2) is 4.79 Å². The summed E-state index contributed by atoms with van der Waals surface area (Å²) in [5.41, 5.74) is 3.35. The van der Waals surface area contributed by atoms with Crippen LogP contribution in [0, 0.1) is 13.8 Å². The summed E-state index contributed by atoms with van der Waals surface area (Å²) in [5, 5.41) is 4.47. The second-order valence-electron chi connectivity index (χ2n) is 6.64. The standard InChI is InChI=1S/C20H20N4O2/c1-14-7-9-16(10-8-14)24-20(26)23-12-11-22(13-18(23)21-24)19(25)17-6-4-3-5-15(17)2/h3-10H,11-13H2,1-2H3. The van der Waals surface area contributed by atoms with Gasteiger partial charge in [0.05, 0.1) is 12.2 Å². The second kappa shape index (κ2) is 6.29. The number of benzene rings is 2. The zero-order chi connectivity index (χ0) is 18.3. The van der Waals surface area contributed by atoms with E-state index in [9.17, 15) is 9.59 Å². The monoisotopic (exact) mass is 348 g/mol. The van der Waals surface area contributed by atoms with Crippen LogP contribution in [0.15, 0.2) is 53.3 Å². The fourth-order valence-electron chi connectivity index (χ4n) is 3.26. The van der Waals surface area contributed by atoms with Crippen molar-refractivity contribution in [2.45, 2.75) is 26.9 Å². The molecule has 1 aromatic heterocycles. The van der Waals surface area contributed by atoms with E-state index >= 15 is 0 Å². The first-order valence-electron chi connectivity index (χ1n) is 8.65. The minimum absolute atomic E-state index is 0.0216. The van der Waals surface area contributed by atoms with Crippen molar-refractivity contribution in [3.8, 4) is 5.69 Å². The molecule has 0 atom stereocenters. The van der Waals surface area contributed by atoms with Gasteiger partial charge in [-0.2, -0.15) is 4.68 Å². The van der Waals surface area contributed by atoms with E-state index in [1.807, 2.05) is 62.4 Å². The Bertz CT molecular complexity index is 1030. The first kappa shape index (κ1) is 16.3. The highest BCUT2D eigenvalue weighted by Crippen LogP contribution is 2.16. The molecule has 6 heteroatoms. The van der Waals surface area contributed by atoms with E-state index < -0.39 is 0 Å². The summed E-state index contributed by atoms with van der Waals surface area (Å²) in [7, 11) is 0. The van der Waals surface area contributed by atoms with Gasteiger partial charge in [0.25, 0.3) is 5.91 Å². The Balaban J connectivity index is 1.65. The maximum atomic E-state index is 12.8. The molecule has 0 fully saturated rings. The van der Waals surface area contributed by atoms with Crippen LogP contribution in [0.2, 0.25) is 0 Å². The zero-order valence-corrected chi connectivity index (χ0v) is 14.8. The number of carbonyl (C=O) groups excluding carboxylic acids is 1. The van der Waals surface area contributed by atoms with E-state index in [0.29, 0.717) is 31.0 Å². The molecular weight excluding hydrogens is 328 g/mol. The van der Waals surface area contributed by atoms with E-state index in [4.69, 9.17) is 0 Å². The van der Waals surface area contributed by atoms with E-state index in [0.717, 1.165) is 16.8 Å². The molecule has 2 heterocycles. The van der Waals surface area contributed by atoms with Crippen LogP contribution in [0.3, 0.4) is 0 Å². The molecule has 132 valence electrons. The van der Waals surface area contributed by atoms with Gasteiger partial charge in [-0.3, -0.25) is 9.36 Å². The lowest BCUT2D eigenvalue weighted by molar-refractivity contribution is 0.0705. The van der Waals surface area contributed by atoms with Gasteiger partial charge in [-0.05, 0) is 37.6 Å². The average Bonchev–Trinajstić information content (AvgIpc) is 2.98. The fraction of sp³-hybridized carbons (Fsp3) is 0.250. The third-order valence-corrected chi connectivity index (χ3v) is 4.81. The number of carbonyl (C=O) groups is 1. The van der Waals surface area contributed by atoms with Gasteiger partial charge in [0.2, 0.25) is 0 Å². The van der Waals surface area contributed by atoms with Crippen molar-refractivity contribution in [2.24, 2.45) is 0 Å². The van der Waals surface area contributed by atoms with E-state index in [2.05, 4.69) is 5.10 Å². The molecule has 0 unspecified atom stereocenters. The number of fused-ring (bicyclic) bond motifs is 1. The van der Waals surface area contributed by atoms with Crippen molar-refractivity contribution < 1.29 is 4.79 Å². The number of amides is 1. The molecule has 0 N–H and O–H groups in total. The van der Waals surface area contributed by atoms with Crippen LogP contribution in [-0.4, -0.2) is 31.7 Å². The Hall–Kier alpha value is -3.15. The third-order valence-electron chi connectivity index (χ3n) is 4.81. The summed E-state index contributed by atoms with van der Waals surface area (Å²) in [5.74, 6) is 0.593. The molecule has 3 aromatic rings. The van der Waals surface area contributed by atoms with Gasteiger partial charge in [-0.15, -0.1) is 5.10 Å². The lowest BCUT2D eigenvalue weighted by Crippen LogP contribution is -2.41. The first-order valence-corrected chi connectivity index (χ1v) is 8.65. The third kappa shape index (κ3) is 2.73. The minimum Gasteiger partial charge on any atom is -0.329 e. The predicted molar refractivity (Wildman–Crippen MR) is 98.5 cm³/mol. The van der Waals surface area contributed by atoms with Crippen LogP contribution in [0.1, 0.15) is 27.3 Å². The van der Waals surface area contributed by atoms with Crippen molar-refractivity contribution >= 4 is 5.91 Å². The van der Waals surface area contributed by atoms with Crippen molar-refractivity contribution in [2.75, 3.05) is 6.54 Å². The van der Waals surface area contributed by atoms with Crippen molar-refractivity contribution in [1.29, 1.82) is 0 Å². The average molecular weight is 348 g/mol. The molecule has 26 heavy (non-hydrogen) atoms. The maximum absolute atomic E-state index is 12.8.